The van der Waals surface area contributed by atoms with E-state index in [-0.39, 0.29) is 12.4 Å². The molecule has 0 aliphatic heterocycles. The largest absolute Gasteiger partial charge is 0.503 e. The fourth-order valence-electron chi connectivity index (χ4n) is 3.84. The number of hydrogen-bond donors (Lipinski definition) is 1. The van der Waals surface area contributed by atoms with Gasteiger partial charge in [-0.25, -0.2) is 9.48 Å². The molecule has 1 N–H and O–H groups in total. The molecular formula is C27H22ClN5O5. The topological polar surface area (TPSA) is 125 Å². The first-order valence-corrected chi connectivity index (χ1v) is 12.0. The molecule has 0 aliphatic rings. The van der Waals surface area contributed by atoms with Crippen LogP contribution in [0.25, 0.3) is 16.7 Å². The molecule has 0 radical (unpaired) electrons. The molecule has 2 aromatic carbocycles. The molecule has 0 atom stereocenters. The molecule has 0 fully saturated rings. The molecule has 11 heteroatoms. The first-order valence-electron chi connectivity index (χ1n) is 11.6. The maximum absolute atomic E-state index is 12.2. The molecule has 3 heterocycles. The number of pyridine rings is 1. The average molecular weight is 532 g/mol. The van der Waals surface area contributed by atoms with Crippen LogP contribution < -0.4 is 15.8 Å². The minimum atomic E-state index is -0.511. The fourth-order valence-corrected chi connectivity index (χ4v) is 3.97. The summed E-state index contributed by atoms with van der Waals surface area (Å²) in [5, 5.41) is 19.4. The highest BCUT2D eigenvalue weighted by Crippen LogP contribution is 2.23. The Kier molecular flexibility index (Phi) is 7.05. The first-order chi connectivity index (χ1) is 18.4. The SMILES string of the molecule is Cc1c(O)c(=O)ccn1CCN=Cc1cc(=O)oc2cc(OCc3cn(-c4ccc(Cl)cc4)nn3)ccc12. The Morgan fingerprint density at radius 1 is 1.13 bits per heavy atom. The third-order valence-electron chi connectivity index (χ3n) is 5.88. The zero-order chi connectivity index (χ0) is 26.6. The van der Waals surface area contributed by atoms with Gasteiger partial charge in [0.1, 0.15) is 23.6 Å². The number of ether oxygens (including phenoxy) is 1. The van der Waals surface area contributed by atoms with Crippen LogP contribution in [-0.4, -0.2) is 37.4 Å². The lowest BCUT2D eigenvalue weighted by molar-refractivity contribution is 0.301. The summed E-state index contributed by atoms with van der Waals surface area (Å²) in [7, 11) is 0. The van der Waals surface area contributed by atoms with Gasteiger partial charge in [-0.1, -0.05) is 16.8 Å². The lowest BCUT2D eigenvalue weighted by Gasteiger charge is -2.09. The van der Waals surface area contributed by atoms with E-state index in [0.717, 1.165) is 5.69 Å². The number of rotatable bonds is 8. The number of fused-ring (bicyclic) bond motifs is 1. The van der Waals surface area contributed by atoms with E-state index in [1.54, 1.807) is 65.1 Å². The van der Waals surface area contributed by atoms with Crippen molar-refractivity contribution in [2.45, 2.75) is 20.1 Å². The molecule has 0 spiro atoms. The number of halogens is 1. The molecule has 0 saturated heterocycles. The average Bonchev–Trinajstić information content (AvgIpc) is 3.39. The molecule has 192 valence electrons. The van der Waals surface area contributed by atoms with Gasteiger partial charge in [-0.2, -0.15) is 0 Å². The maximum Gasteiger partial charge on any atom is 0.336 e. The lowest BCUT2D eigenvalue weighted by Crippen LogP contribution is -2.11. The quantitative estimate of drug-likeness (QED) is 0.238. The Balaban J connectivity index is 1.27. The Morgan fingerprint density at radius 2 is 1.95 bits per heavy atom. The van der Waals surface area contributed by atoms with Crippen molar-refractivity contribution in [1.82, 2.24) is 19.6 Å². The highest BCUT2D eigenvalue weighted by molar-refractivity contribution is 6.30. The summed E-state index contributed by atoms with van der Waals surface area (Å²) < 4.78 is 14.6. The second kappa shape index (κ2) is 10.7. The van der Waals surface area contributed by atoms with Crippen LogP contribution in [0.1, 0.15) is 17.0 Å². The molecule has 0 bridgehead atoms. The van der Waals surface area contributed by atoms with Crippen LogP contribution in [0.5, 0.6) is 11.5 Å². The number of aromatic nitrogens is 4. The number of aromatic hydroxyl groups is 1. The molecule has 5 rings (SSSR count). The number of hydrogen-bond acceptors (Lipinski definition) is 8. The number of benzene rings is 2. The molecule has 0 unspecified atom stereocenters. The van der Waals surface area contributed by atoms with E-state index in [2.05, 4.69) is 15.3 Å². The van der Waals surface area contributed by atoms with Crippen LogP contribution in [0.4, 0.5) is 0 Å². The number of aliphatic imine (C=N–C) groups is 1. The van der Waals surface area contributed by atoms with Gasteiger partial charge in [0.15, 0.2) is 5.75 Å². The zero-order valence-corrected chi connectivity index (χ0v) is 21.0. The predicted molar refractivity (Wildman–Crippen MR) is 143 cm³/mol. The maximum atomic E-state index is 12.2. The van der Waals surface area contributed by atoms with E-state index in [9.17, 15) is 14.7 Å². The van der Waals surface area contributed by atoms with E-state index in [4.69, 9.17) is 20.8 Å². The molecule has 38 heavy (non-hydrogen) atoms. The van der Waals surface area contributed by atoms with Crippen molar-refractivity contribution in [2.75, 3.05) is 6.54 Å². The van der Waals surface area contributed by atoms with Crippen LogP contribution >= 0.6 is 11.6 Å². The van der Waals surface area contributed by atoms with E-state index in [0.29, 0.717) is 51.8 Å². The highest BCUT2D eigenvalue weighted by atomic mass is 35.5. The predicted octanol–water partition coefficient (Wildman–Crippen LogP) is 3.90. The van der Waals surface area contributed by atoms with Crippen molar-refractivity contribution < 1.29 is 14.3 Å². The molecule has 0 amide bonds. The van der Waals surface area contributed by atoms with Gasteiger partial charge < -0.3 is 18.8 Å². The van der Waals surface area contributed by atoms with Crippen molar-refractivity contribution in [3.63, 3.8) is 0 Å². The van der Waals surface area contributed by atoms with Crippen LogP contribution in [0, 0.1) is 6.92 Å². The third-order valence-corrected chi connectivity index (χ3v) is 6.13. The smallest absolute Gasteiger partial charge is 0.336 e. The van der Waals surface area contributed by atoms with Gasteiger partial charge in [0.25, 0.3) is 0 Å². The second-order valence-corrected chi connectivity index (χ2v) is 8.88. The molecule has 5 aromatic rings. The Morgan fingerprint density at radius 3 is 2.76 bits per heavy atom. The molecular weight excluding hydrogens is 510 g/mol. The zero-order valence-electron chi connectivity index (χ0n) is 20.2. The van der Waals surface area contributed by atoms with E-state index in [1.165, 1.54) is 12.1 Å². The van der Waals surface area contributed by atoms with Crippen molar-refractivity contribution in [3.8, 4) is 17.2 Å². The lowest BCUT2D eigenvalue weighted by atomic mass is 10.1. The minimum absolute atomic E-state index is 0.171. The van der Waals surface area contributed by atoms with Crippen molar-refractivity contribution in [1.29, 1.82) is 0 Å². The minimum Gasteiger partial charge on any atom is -0.503 e. The summed E-state index contributed by atoms with van der Waals surface area (Å²) in [4.78, 5) is 28.1. The van der Waals surface area contributed by atoms with Gasteiger partial charge in [0.2, 0.25) is 5.43 Å². The first kappa shape index (κ1) is 25.0. The van der Waals surface area contributed by atoms with Gasteiger partial charge in [-0.3, -0.25) is 9.79 Å². The monoisotopic (exact) mass is 531 g/mol. The summed E-state index contributed by atoms with van der Waals surface area (Å²) in [6, 6.07) is 15.1. The summed E-state index contributed by atoms with van der Waals surface area (Å²) in [5.41, 5.74) is 1.95. The van der Waals surface area contributed by atoms with Crippen molar-refractivity contribution in [2.24, 2.45) is 4.99 Å². The third kappa shape index (κ3) is 5.50. The highest BCUT2D eigenvalue weighted by Gasteiger charge is 2.09. The Labute approximate surface area is 221 Å². The molecule has 3 aromatic heterocycles. The van der Waals surface area contributed by atoms with Crippen molar-refractivity contribution >= 4 is 28.8 Å². The summed E-state index contributed by atoms with van der Waals surface area (Å²) in [6.07, 6.45) is 4.97. The fraction of sp³-hybridized carbons (Fsp3) is 0.148. The van der Waals surface area contributed by atoms with Gasteiger partial charge in [0, 0.05) is 53.1 Å². The molecule has 10 nitrogen and oxygen atoms in total. The summed E-state index contributed by atoms with van der Waals surface area (Å²) in [5.74, 6) is 0.233. The van der Waals surface area contributed by atoms with Gasteiger partial charge in [-0.05, 0) is 43.3 Å². The van der Waals surface area contributed by atoms with Crippen LogP contribution in [0.15, 0.2) is 86.0 Å². The molecule has 0 aliphatic carbocycles. The van der Waals surface area contributed by atoms with Gasteiger partial charge >= 0.3 is 5.63 Å². The Hall–Kier alpha value is -4.70. The number of nitrogens with zero attached hydrogens (tertiary/aromatic N) is 5. The van der Waals surface area contributed by atoms with Gasteiger partial charge in [-0.15, -0.1) is 5.10 Å². The van der Waals surface area contributed by atoms with Crippen LogP contribution in [-0.2, 0) is 13.2 Å². The van der Waals surface area contributed by atoms with Crippen LogP contribution in [0.3, 0.4) is 0 Å². The summed E-state index contributed by atoms with van der Waals surface area (Å²) in [6.45, 7) is 2.67. The van der Waals surface area contributed by atoms with E-state index < -0.39 is 11.1 Å². The van der Waals surface area contributed by atoms with E-state index >= 15 is 0 Å². The van der Waals surface area contributed by atoms with E-state index in [1.807, 2.05) is 12.1 Å². The van der Waals surface area contributed by atoms with Crippen LogP contribution in [0.2, 0.25) is 5.02 Å². The van der Waals surface area contributed by atoms with Crippen molar-refractivity contribution in [3.05, 3.63) is 110 Å². The van der Waals surface area contributed by atoms with Gasteiger partial charge in [0.05, 0.1) is 24.1 Å². The standard InChI is InChI=1S/C27H22ClN5O5/c1-17-27(36)24(34)8-10-32(17)11-9-29-14-18-12-26(35)38-25-13-22(6-7-23(18)25)37-16-20-15-33(31-30-20)21-4-2-19(28)3-5-21/h2-8,10,12-15,36H,9,11,16H2,1H3. The molecule has 0 saturated carbocycles. The normalized spacial score (nSPS) is 11.4. The Bertz CT molecular complexity index is 1760. The second-order valence-electron chi connectivity index (χ2n) is 8.44. The summed E-state index contributed by atoms with van der Waals surface area (Å²) >= 11 is 5.93.